The largest absolute Gasteiger partial charge is 0.484 e. The van der Waals surface area contributed by atoms with E-state index in [1.165, 1.54) is 24.3 Å². The van der Waals surface area contributed by atoms with Crippen molar-refractivity contribution in [3.8, 4) is 11.5 Å². The molecule has 0 heterocycles. The maximum Gasteiger partial charge on any atom is 0.422 e. The number of hydrogen-bond acceptors (Lipinski definition) is 4. The van der Waals surface area contributed by atoms with Gasteiger partial charge in [-0.3, -0.25) is 9.59 Å². The van der Waals surface area contributed by atoms with Crippen LogP contribution in [0.1, 0.15) is 11.1 Å². The molecule has 0 aromatic heterocycles. The second-order valence-corrected chi connectivity index (χ2v) is 6.05. The molecule has 2 aromatic rings. The highest BCUT2D eigenvalue weighted by molar-refractivity contribution is 6.02. The fraction of sp³-hybridized carbons (Fsp3) is 0.200. The maximum absolute atomic E-state index is 12.4. The van der Waals surface area contributed by atoms with Crippen LogP contribution in [-0.2, 0) is 9.59 Å². The second-order valence-electron chi connectivity index (χ2n) is 6.05. The quantitative estimate of drug-likeness (QED) is 0.655. The normalized spacial score (nSPS) is 11.3. The van der Waals surface area contributed by atoms with Gasteiger partial charge in [0.05, 0.1) is 5.69 Å². The molecule has 0 radical (unpaired) electrons. The first-order valence-electron chi connectivity index (χ1n) is 8.43. The molecule has 0 aliphatic heterocycles. The molecule has 0 atom stereocenters. The van der Waals surface area contributed by atoms with E-state index in [4.69, 9.17) is 15.2 Å². The van der Waals surface area contributed by atoms with E-state index >= 15 is 0 Å². The SMILES string of the molecule is Cc1ccc(NC(=O)C=Cc2ccc(OCC(N)=O)cc2)c(OCC(F)(F)F)c1. The van der Waals surface area contributed by atoms with Crippen LogP contribution in [0.2, 0.25) is 0 Å². The zero-order chi connectivity index (χ0) is 21.4. The highest BCUT2D eigenvalue weighted by Gasteiger charge is 2.29. The standard InChI is InChI=1S/C20H19F3N2O4/c1-13-2-8-16(17(10-13)29-12-20(21,22)23)25-19(27)9-5-14-3-6-15(7-4-14)28-11-18(24)26/h2-10H,11-12H2,1H3,(H2,24,26)(H,25,27). The van der Waals surface area contributed by atoms with Gasteiger partial charge < -0.3 is 20.5 Å². The van der Waals surface area contributed by atoms with Crippen LogP contribution >= 0.6 is 0 Å². The molecule has 0 unspecified atom stereocenters. The topological polar surface area (TPSA) is 90.6 Å². The van der Waals surface area contributed by atoms with Crippen molar-refractivity contribution in [3.63, 3.8) is 0 Å². The van der Waals surface area contributed by atoms with Gasteiger partial charge in [-0.25, -0.2) is 0 Å². The molecule has 0 aliphatic rings. The number of anilines is 1. The van der Waals surface area contributed by atoms with Gasteiger partial charge in [0.25, 0.3) is 5.91 Å². The molecule has 2 amide bonds. The van der Waals surface area contributed by atoms with E-state index in [0.29, 0.717) is 16.9 Å². The number of amides is 2. The number of nitrogens with two attached hydrogens (primary N) is 1. The molecule has 2 aromatic carbocycles. The summed E-state index contributed by atoms with van der Waals surface area (Å²) in [7, 11) is 0. The predicted octanol–water partition coefficient (Wildman–Crippen LogP) is 3.45. The molecule has 3 N–H and O–H groups in total. The minimum atomic E-state index is -4.49. The number of primary amides is 1. The molecule has 6 nitrogen and oxygen atoms in total. The van der Waals surface area contributed by atoms with Crippen LogP contribution in [0.15, 0.2) is 48.5 Å². The third-order valence-corrected chi connectivity index (χ3v) is 3.47. The minimum absolute atomic E-state index is 0.0694. The Balaban J connectivity index is 2.00. The smallest absolute Gasteiger partial charge is 0.422 e. The van der Waals surface area contributed by atoms with Crippen LogP contribution in [0.4, 0.5) is 18.9 Å². The number of ether oxygens (including phenoxy) is 2. The lowest BCUT2D eigenvalue weighted by Crippen LogP contribution is -2.20. The van der Waals surface area contributed by atoms with Crippen molar-refractivity contribution in [2.24, 2.45) is 5.73 Å². The molecule has 2 rings (SSSR count). The van der Waals surface area contributed by atoms with E-state index in [0.717, 1.165) is 0 Å². The van der Waals surface area contributed by atoms with Crippen LogP contribution in [0.3, 0.4) is 0 Å². The first-order valence-corrected chi connectivity index (χ1v) is 8.43. The first kappa shape index (κ1) is 21.8. The van der Waals surface area contributed by atoms with Gasteiger partial charge in [0.2, 0.25) is 5.91 Å². The molecule has 0 saturated carbocycles. The van der Waals surface area contributed by atoms with Gasteiger partial charge in [0, 0.05) is 6.08 Å². The fourth-order valence-electron chi connectivity index (χ4n) is 2.19. The zero-order valence-electron chi connectivity index (χ0n) is 15.5. The van der Waals surface area contributed by atoms with Crippen LogP contribution in [0, 0.1) is 6.92 Å². The van der Waals surface area contributed by atoms with E-state index < -0.39 is 24.6 Å². The van der Waals surface area contributed by atoms with E-state index in [1.54, 1.807) is 37.3 Å². The summed E-state index contributed by atoms with van der Waals surface area (Å²) in [5.41, 5.74) is 6.48. The highest BCUT2D eigenvalue weighted by atomic mass is 19.4. The lowest BCUT2D eigenvalue weighted by atomic mass is 10.2. The summed E-state index contributed by atoms with van der Waals surface area (Å²) in [4.78, 5) is 22.8. The molecule has 0 spiro atoms. The third-order valence-electron chi connectivity index (χ3n) is 3.47. The van der Waals surface area contributed by atoms with E-state index in [9.17, 15) is 22.8 Å². The average molecular weight is 408 g/mol. The van der Waals surface area contributed by atoms with E-state index in [2.05, 4.69) is 5.32 Å². The predicted molar refractivity (Wildman–Crippen MR) is 102 cm³/mol. The first-order chi connectivity index (χ1) is 13.6. The van der Waals surface area contributed by atoms with Crippen molar-refractivity contribution in [2.75, 3.05) is 18.5 Å². The van der Waals surface area contributed by atoms with Crippen molar-refractivity contribution in [1.29, 1.82) is 0 Å². The fourth-order valence-corrected chi connectivity index (χ4v) is 2.19. The number of rotatable bonds is 8. The number of carbonyl (C=O) groups is 2. The van der Waals surface area contributed by atoms with Crippen molar-refractivity contribution in [2.45, 2.75) is 13.1 Å². The van der Waals surface area contributed by atoms with Crippen molar-refractivity contribution >= 4 is 23.6 Å². The Labute approximate surface area is 165 Å². The van der Waals surface area contributed by atoms with E-state index in [-0.39, 0.29) is 18.0 Å². The molecular weight excluding hydrogens is 389 g/mol. The van der Waals surface area contributed by atoms with Gasteiger partial charge in [0.15, 0.2) is 13.2 Å². The van der Waals surface area contributed by atoms with E-state index in [1.807, 2.05) is 0 Å². The van der Waals surface area contributed by atoms with Gasteiger partial charge in [-0.15, -0.1) is 0 Å². The van der Waals surface area contributed by atoms with Crippen LogP contribution in [0.5, 0.6) is 11.5 Å². The number of halogens is 3. The summed E-state index contributed by atoms with van der Waals surface area (Å²) < 4.78 is 47.1. The number of carbonyl (C=O) groups excluding carboxylic acids is 2. The molecule has 29 heavy (non-hydrogen) atoms. The van der Waals surface area contributed by atoms with Crippen LogP contribution < -0.4 is 20.5 Å². The number of nitrogens with one attached hydrogen (secondary N) is 1. The molecule has 0 fully saturated rings. The summed E-state index contributed by atoms with van der Waals surface area (Å²) in [5, 5.41) is 2.49. The number of aryl methyl sites for hydroxylation is 1. The van der Waals surface area contributed by atoms with Crippen molar-refractivity contribution in [1.82, 2.24) is 0 Å². The van der Waals surface area contributed by atoms with Crippen LogP contribution in [0.25, 0.3) is 6.08 Å². The summed E-state index contributed by atoms with van der Waals surface area (Å²) >= 11 is 0. The molecule has 0 bridgehead atoms. The summed E-state index contributed by atoms with van der Waals surface area (Å²) in [6, 6.07) is 11.0. The minimum Gasteiger partial charge on any atom is -0.484 e. The highest BCUT2D eigenvalue weighted by Crippen LogP contribution is 2.28. The molecule has 154 valence electrons. The van der Waals surface area contributed by atoms with Gasteiger partial charge in [-0.05, 0) is 48.4 Å². The molecule has 0 saturated heterocycles. The Morgan fingerprint density at radius 2 is 1.79 bits per heavy atom. The lowest BCUT2D eigenvalue weighted by Gasteiger charge is -2.14. The Hall–Kier alpha value is -3.49. The monoisotopic (exact) mass is 408 g/mol. The summed E-state index contributed by atoms with van der Waals surface area (Å²) in [6.45, 7) is -0.00497. The maximum atomic E-state index is 12.4. The Morgan fingerprint density at radius 3 is 2.41 bits per heavy atom. The molecule has 9 heteroatoms. The second kappa shape index (κ2) is 9.63. The van der Waals surface area contributed by atoms with Gasteiger partial charge in [0.1, 0.15) is 11.5 Å². The number of benzene rings is 2. The summed E-state index contributed by atoms with van der Waals surface area (Å²) in [6.07, 6.45) is -1.75. The number of alkyl halides is 3. The lowest BCUT2D eigenvalue weighted by molar-refractivity contribution is -0.153. The Morgan fingerprint density at radius 1 is 1.10 bits per heavy atom. The van der Waals surface area contributed by atoms with Gasteiger partial charge >= 0.3 is 6.18 Å². The Bertz CT molecular complexity index is 894. The van der Waals surface area contributed by atoms with Gasteiger partial charge in [-0.2, -0.15) is 13.2 Å². The third kappa shape index (κ3) is 7.96. The van der Waals surface area contributed by atoms with Gasteiger partial charge in [-0.1, -0.05) is 18.2 Å². The van der Waals surface area contributed by atoms with Crippen molar-refractivity contribution in [3.05, 3.63) is 59.7 Å². The van der Waals surface area contributed by atoms with Crippen molar-refractivity contribution < 1.29 is 32.2 Å². The molecule has 0 aliphatic carbocycles. The Kier molecular flexibility index (Phi) is 7.24. The zero-order valence-corrected chi connectivity index (χ0v) is 15.5. The molecular formula is C20H19F3N2O4. The average Bonchev–Trinajstić information content (AvgIpc) is 2.65. The summed E-state index contributed by atoms with van der Waals surface area (Å²) in [5.74, 6) is -0.767. The number of hydrogen-bond donors (Lipinski definition) is 2. The van der Waals surface area contributed by atoms with Crippen LogP contribution in [-0.4, -0.2) is 31.2 Å².